The summed E-state index contributed by atoms with van der Waals surface area (Å²) in [5.41, 5.74) is -0.369. The lowest BCUT2D eigenvalue weighted by Gasteiger charge is -2.50. The van der Waals surface area contributed by atoms with Crippen molar-refractivity contribution in [2.75, 3.05) is 26.2 Å². The molecule has 2 rings (SSSR count). The molecule has 2 N–H and O–H groups in total. The van der Waals surface area contributed by atoms with Crippen LogP contribution in [-0.2, 0) is 0 Å². The molecule has 3 atom stereocenters. The van der Waals surface area contributed by atoms with Crippen molar-refractivity contribution in [2.24, 2.45) is 5.92 Å². The van der Waals surface area contributed by atoms with Crippen LogP contribution in [0.5, 0.6) is 0 Å². The SMILES string of the molecule is CC(O)C1(N2CCCC(CO)C2)CCCC[N]1. The van der Waals surface area contributed by atoms with E-state index in [1.807, 2.05) is 6.92 Å². The summed E-state index contributed by atoms with van der Waals surface area (Å²) < 4.78 is 0. The molecule has 99 valence electrons. The Morgan fingerprint density at radius 2 is 2.24 bits per heavy atom. The van der Waals surface area contributed by atoms with Gasteiger partial charge in [0.15, 0.2) is 0 Å². The molecule has 0 aliphatic carbocycles. The molecule has 3 unspecified atom stereocenters. The van der Waals surface area contributed by atoms with Gasteiger partial charge in [0.25, 0.3) is 0 Å². The highest BCUT2D eigenvalue weighted by Gasteiger charge is 2.44. The molecule has 4 heteroatoms. The van der Waals surface area contributed by atoms with Gasteiger partial charge in [0.05, 0.1) is 6.10 Å². The van der Waals surface area contributed by atoms with Crippen molar-refractivity contribution in [2.45, 2.75) is 50.8 Å². The second-order valence-corrected chi connectivity index (χ2v) is 5.53. The van der Waals surface area contributed by atoms with Gasteiger partial charge >= 0.3 is 0 Å². The number of hydrogen-bond acceptors (Lipinski definition) is 3. The largest absolute Gasteiger partial charge is 0.396 e. The molecule has 0 aromatic heterocycles. The summed E-state index contributed by atoms with van der Waals surface area (Å²) in [6, 6.07) is 0. The number of aliphatic hydroxyl groups excluding tert-OH is 2. The molecule has 4 nitrogen and oxygen atoms in total. The van der Waals surface area contributed by atoms with Crippen molar-refractivity contribution in [3.05, 3.63) is 0 Å². The molecular weight excluding hydrogens is 216 g/mol. The molecule has 0 saturated carbocycles. The van der Waals surface area contributed by atoms with Crippen LogP contribution < -0.4 is 5.32 Å². The molecule has 2 heterocycles. The van der Waals surface area contributed by atoms with E-state index in [0.717, 1.165) is 51.7 Å². The maximum atomic E-state index is 10.1. The second kappa shape index (κ2) is 5.65. The van der Waals surface area contributed by atoms with Gasteiger partial charge in [-0.2, -0.15) is 0 Å². The highest BCUT2D eigenvalue weighted by Crippen LogP contribution is 2.32. The van der Waals surface area contributed by atoms with E-state index in [0.29, 0.717) is 5.92 Å². The van der Waals surface area contributed by atoms with E-state index in [1.165, 1.54) is 0 Å². The van der Waals surface area contributed by atoms with Crippen LogP contribution in [0.4, 0.5) is 0 Å². The maximum absolute atomic E-state index is 10.1. The molecule has 0 bridgehead atoms. The Bertz CT molecular complexity index is 240. The van der Waals surface area contributed by atoms with Gasteiger partial charge in [0.2, 0.25) is 0 Å². The Morgan fingerprint density at radius 3 is 2.82 bits per heavy atom. The van der Waals surface area contributed by atoms with Crippen molar-refractivity contribution in [3.8, 4) is 0 Å². The average Bonchev–Trinajstić information content (AvgIpc) is 2.39. The number of aliphatic hydroxyl groups is 2. The summed E-state index contributed by atoms with van der Waals surface area (Å²) in [6.45, 7) is 4.87. The Kier molecular flexibility index (Phi) is 4.42. The first-order valence-corrected chi connectivity index (χ1v) is 6.91. The number of piperidine rings is 2. The fourth-order valence-electron chi connectivity index (χ4n) is 3.28. The Labute approximate surface area is 104 Å². The van der Waals surface area contributed by atoms with Gasteiger partial charge in [-0.1, -0.05) is 0 Å². The third kappa shape index (κ3) is 2.65. The zero-order chi connectivity index (χ0) is 12.3. The minimum Gasteiger partial charge on any atom is -0.396 e. The van der Waals surface area contributed by atoms with Crippen molar-refractivity contribution in [1.29, 1.82) is 0 Å². The normalized spacial score (nSPS) is 37.9. The number of nitrogens with zero attached hydrogens (tertiary/aromatic N) is 2. The molecule has 0 aromatic carbocycles. The van der Waals surface area contributed by atoms with Crippen LogP contribution in [0.25, 0.3) is 0 Å². The number of rotatable bonds is 3. The molecule has 2 saturated heterocycles. The highest BCUT2D eigenvalue weighted by atomic mass is 16.3. The van der Waals surface area contributed by atoms with Crippen LogP contribution in [0.2, 0.25) is 0 Å². The van der Waals surface area contributed by atoms with E-state index in [4.69, 9.17) is 5.32 Å². The van der Waals surface area contributed by atoms with Crippen LogP contribution in [0.3, 0.4) is 0 Å². The molecule has 2 aliphatic heterocycles. The molecule has 2 aliphatic rings. The fraction of sp³-hybridized carbons (Fsp3) is 1.00. The first-order valence-electron chi connectivity index (χ1n) is 6.91. The van der Waals surface area contributed by atoms with Crippen LogP contribution in [0, 0.1) is 5.92 Å². The van der Waals surface area contributed by atoms with E-state index in [1.54, 1.807) is 0 Å². The Hall–Kier alpha value is -0.160. The van der Waals surface area contributed by atoms with Crippen molar-refractivity contribution in [1.82, 2.24) is 10.2 Å². The molecule has 1 radical (unpaired) electrons. The summed E-state index contributed by atoms with van der Waals surface area (Å²) in [5.74, 6) is 0.358. The molecule has 0 amide bonds. The second-order valence-electron chi connectivity index (χ2n) is 5.53. The van der Waals surface area contributed by atoms with Crippen LogP contribution in [0.15, 0.2) is 0 Å². The van der Waals surface area contributed by atoms with E-state index in [9.17, 15) is 10.2 Å². The van der Waals surface area contributed by atoms with E-state index >= 15 is 0 Å². The van der Waals surface area contributed by atoms with Gasteiger partial charge in [-0.15, -0.1) is 0 Å². The lowest BCUT2D eigenvalue weighted by atomic mass is 9.87. The van der Waals surface area contributed by atoms with Gasteiger partial charge in [0, 0.05) is 26.2 Å². The summed E-state index contributed by atoms with van der Waals surface area (Å²) in [6.07, 6.45) is 5.04. The van der Waals surface area contributed by atoms with Gasteiger partial charge in [0.1, 0.15) is 5.66 Å². The Balaban J connectivity index is 2.09. The third-order valence-electron chi connectivity index (χ3n) is 4.33. The number of likely N-dealkylation sites (tertiary alicyclic amines) is 1. The zero-order valence-electron chi connectivity index (χ0n) is 10.8. The fourth-order valence-corrected chi connectivity index (χ4v) is 3.28. The molecular formula is C13H25N2O2. The predicted molar refractivity (Wildman–Crippen MR) is 66.6 cm³/mol. The first kappa shape index (κ1) is 13.3. The van der Waals surface area contributed by atoms with Crippen LogP contribution >= 0.6 is 0 Å². The van der Waals surface area contributed by atoms with Crippen LogP contribution in [-0.4, -0.2) is 53.1 Å². The summed E-state index contributed by atoms with van der Waals surface area (Å²) in [7, 11) is 0. The van der Waals surface area contributed by atoms with Crippen molar-refractivity contribution in [3.63, 3.8) is 0 Å². The molecule has 0 spiro atoms. The van der Waals surface area contributed by atoms with Crippen molar-refractivity contribution >= 4 is 0 Å². The average molecular weight is 241 g/mol. The lowest BCUT2D eigenvalue weighted by Crippen LogP contribution is -2.65. The molecule has 17 heavy (non-hydrogen) atoms. The monoisotopic (exact) mass is 241 g/mol. The van der Waals surface area contributed by atoms with Crippen molar-refractivity contribution < 1.29 is 10.2 Å². The topological polar surface area (TPSA) is 57.8 Å². The smallest absolute Gasteiger partial charge is 0.113 e. The summed E-state index contributed by atoms with van der Waals surface area (Å²) >= 11 is 0. The van der Waals surface area contributed by atoms with E-state index < -0.39 is 6.10 Å². The van der Waals surface area contributed by atoms with Gasteiger partial charge in [-0.05, 0) is 44.9 Å². The minimum atomic E-state index is -0.416. The van der Waals surface area contributed by atoms with Gasteiger partial charge in [-0.25, -0.2) is 5.32 Å². The van der Waals surface area contributed by atoms with E-state index in [-0.39, 0.29) is 12.3 Å². The summed E-state index contributed by atoms with van der Waals surface area (Å²) in [5, 5.41) is 24.2. The quantitative estimate of drug-likeness (QED) is 0.759. The van der Waals surface area contributed by atoms with E-state index in [2.05, 4.69) is 4.90 Å². The maximum Gasteiger partial charge on any atom is 0.113 e. The molecule has 2 fully saturated rings. The Morgan fingerprint density at radius 1 is 1.41 bits per heavy atom. The predicted octanol–water partition coefficient (Wildman–Crippen LogP) is 0.556. The molecule has 0 aromatic rings. The zero-order valence-corrected chi connectivity index (χ0v) is 10.8. The highest BCUT2D eigenvalue weighted by molar-refractivity contribution is 4.96. The minimum absolute atomic E-state index is 0.256. The number of hydrogen-bond donors (Lipinski definition) is 2. The van der Waals surface area contributed by atoms with Crippen LogP contribution in [0.1, 0.15) is 39.0 Å². The standard InChI is InChI=1S/C13H25N2O2/c1-11(17)13(6-2-3-7-14-13)15-8-4-5-12(9-15)10-16/h11-12,16-17H,2-10H2,1H3. The lowest BCUT2D eigenvalue weighted by molar-refractivity contribution is -0.0864. The van der Waals surface area contributed by atoms with Gasteiger partial charge < -0.3 is 10.2 Å². The third-order valence-corrected chi connectivity index (χ3v) is 4.33. The van der Waals surface area contributed by atoms with Gasteiger partial charge in [-0.3, -0.25) is 4.90 Å². The first-order chi connectivity index (χ1) is 8.19. The summed E-state index contributed by atoms with van der Waals surface area (Å²) in [4.78, 5) is 2.32.